The van der Waals surface area contributed by atoms with E-state index >= 15 is 0 Å². The Balaban J connectivity index is 2.30. The monoisotopic (exact) mass is 300 g/mol. The summed E-state index contributed by atoms with van der Waals surface area (Å²) in [6, 6.07) is 7.55. The lowest BCUT2D eigenvalue weighted by atomic mass is 10.1. The van der Waals surface area contributed by atoms with Gasteiger partial charge < -0.3 is 0 Å². The molecule has 0 bridgehead atoms. The number of hydrogen-bond donors (Lipinski definition) is 0. The van der Waals surface area contributed by atoms with Crippen LogP contribution in [-0.2, 0) is 12.8 Å². The van der Waals surface area contributed by atoms with E-state index in [9.17, 15) is 0 Å². The smallest absolute Gasteiger partial charge is 0.137 e. The normalized spacial score (nSPS) is 10.7. The zero-order valence-electron chi connectivity index (χ0n) is 9.75. The Hall–Kier alpha value is -0.830. The lowest BCUT2D eigenvalue weighted by Crippen LogP contribution is -2.01. The molecule has 0 saturated heterocycles. The molecule has 2 nitrogen and oxygen atoms in total. The van der Waals surface area contributed by atoms with E-state index in [0.717, 1.165) is 17.5 Å². The fraction of sp³-hybridized carbons (Fsp3) is 0.231. The summed E-state index contributed by atoms with van der Waals surface area (Å²) in [5, 5.41) is 1.54. The Morgan fingerprint density at radius 3 is 2.28 bits per heavy atom. The largest absolute Gasteiger partial charge is 0.220 e. The van der Waals surface area contributed by atoms with Gasteiger partial charge in [0.15, 0.2) is 0 Å². The summed E-state index contributed by atoms with van der Waals surface area (Å²) < 4.78 is 0. The second-order valence-electron chi connectivity index (χ2n) is 3.86. The second kappa shape index (κ2) is 5.87. The van der Waals surface area contributed by atoms with Crippen molar-refractivity contribution >= 4 is 34.8 Å². The van der Waals surface area contributed by atoms with E-state index in [1.807, 2.05) is 31.2 Å². The minimum atomic E-state index is 0.425. The third kappa shape index (κ3) is 3.14. The first kappa shape index (κ1) is 13.6. The third-order valence-corrected chi connectivity index (χ3v) is 3.42. The van der Waals surface area contributed by atoms with Gasteiger partial charge in [0.25, 0.3) is 0 Å². The number of halogens is 3. The second-order valence-corrected chi connectivity index (χ2v) is 5.01. The maximum absolute atomic E-state index is 6.07. The van der Waals surface area contributed by atoms with Crippen molar-refractivity contribution in [3.05, 3.63) is 56.5 Å². The van der Waals surface area contributed by atoms with Crippen molar-refractivity contribution in [2.24, 2.45) is 0 Å². The quantitative estimate of drug-likeness (QED) is 0.775. The van der Waals surface area contributed by atoms with Gasteiger partial charge in [-0.3, -0.25) is 0 Å². The van der Waals surface area contributed by atoms with Crippen molar-refractivity contribution in [3.8, 4) is 0 Å². The Morgan fingerprint density at radius 1 is 1.06 bits per heavy atom. The van der Waals surface area contributed by atoms with Crippen molar-refractivity contribution < 1.29 is 0 Å². The fourth-order valence-electron chi connectivity index (χ4n) is 1.67. The predicted molar refractivity (Wildman–Crippen MR) is 75.7 cm³/mol. The zero-order valence-corrected chi connectivity index (χ0v) is 12.0. The van der Waals surface area contributed by atoms with Gasteiger partial charge in [0.1, 0.15) is 16.1 Å². The molecule has 0 fully saturated rings. The van der Waals surface area contributed by atoms with Crippen molar-refractivity contribution in [2.75, 3.05) is 0 Å². The van der Waals surface area contributed by atoms with Crippen molar-refractivity contribution in [3.63, 3.8) is 0 Å². The van der Waals surface area contributed by atoms with Crippen LogP contribution in [0, 0.1) is 0 Å². The van der Waals surface area contributed by atoms with E-state index in [1.165, 1.54) is 0 Å². The van der Waals surface area contributed by atoms with Crippen LogP contribution in [0.3, 0.4) is 0 Å². The van der Waals surface area contributed by atoms with Crippen molar-refractivity contribution in [2.45, 2.75) is 19.8 Å². The van der Waals surface area contributed by atoms with Crippen LogP contribution in [0.25, 0.3) is 0 Å². The summed E-state index contributed by atoms with van der Waals surface area (Å²) >= 11 is 18.1. The van der Waals surface area contributed by atoms with Crippen LogP contribution in [0.2, 0.25) is 15.3 Å². The first-order valence-electron chi connectivity index (χ1n) is 5.55. The zero-order chi connectivity index (χ0) is 13.1. The van der Waals surface area contributed by atoms with Crippen LogP contribution in [-0.4, -0.2) is 9.97 Å². The molecule has 5 heteroatoms. The van der Waals surface area contributed by atoms with Crippen molar-refractivity contribution in [1.82, 2.24) is 9.97 Å². The molecular formula is C13H11Cl3N2. The Bertz CT molecular complexity index is 547. The van der Waals surface area contributed by atoms with E-state index < -0.39 is 0 Å². The molecule has 0 atom stereocenters. The molecule has 0 amide bonds. The van der Waals surface area contributed by atoms with Gasteiger partial charge in [0, 0.05) is 17.0 Å². The lowest BCUT2D eigenvalue weighted by Gasteiger charge is -2.06. The predicted octanol–water partition coefficient (Wildman–Crippen LogP) is 4.59. The number of hydrogen-bond acceptors (Lipinski definition) is 2. The highest BCUT2D eigenvalue weighted by Gasteiger charge is 2.10. The first-order valence-corrected chi connectivity index (χ1v) is 6.68. The molecule has 0 aliphatic rings. The van der Waals surface area contributed by atoms with Gasteiger partial charge in [-0.1, -0.05) is 53.9 Å². The number of aromatic nitrogens is 2. The number of nitrogens with zero attached hydrogens (tertiary/aromatic N) is 2. The molecule has 2 rings (SSSR count). The van der Waals surface area contributed by atoms with Gasteiger partial charge in [-0.05, 0) is 24.1 Å². The topological polar surface area (TPSA) is 25.8 Å². The molecule has 0 radical (unpaired) electrons. The highest BCUT2D eigenvalue weighted by atomic mass is 35.5. The molecule has 94 valence electrons. The van der Waals surface area contributed by atoms with E-state index in [0.29, 0.717) is 27.6 Å². The summed E-state index contributed by atoms with van der Waals surface area (Å²) in [6.07, 6.45) is 1.28. The summed E-state index contributed by atoms with van der Waals surface area (Å²) in [7, 11) is 0. The Labute approximate surface area is 121 Å². The minimum absolute atomic E-state index is 0.425. The van der Waals surface area contributed by atoms with Gasteiger partial charge in [-0.2, -0.15) is 0 Å². The number of benzene rings is 1. The van der Waals surface area contributed by atoms with Crippen molar-refractivity contribution in [1.29, 1.82) is 0 Å². The van der Waals surface area contributed by atoms with Crippen LogP contribution in [0.15, 0.2) is 24.3 Å². The molecule has 0 unspecified atom stereocenters. The molecule has 0 saturated carbocycles. The highest BCUT2D eigenvalue weighted by molar-refractivity contribution is 6.34. The fourth-order valence-corrected chi connectivity index (χ4v) is 2.57. The van der Waals surface area contributed by atoms with Gasteiger partial charge in [-0.15, -0.1) is 0 Å². The average molecular weight is 302 g/mol. The SMILES string of the molecule is CCc1c(Cl)nc(Cc2cccc(Cl)c2)nc1Cl. The van der Waals surface area contributed by atoms with Crippen LogP contribution >= 0.6 is 34.8 Å². The van der Waals surface area contributed by atoms with E-state index in [-0.39, 0.29) is 0 Å². The van der Waals surface area contributed by atoms with Gasteiger partial charge in [0.05, 0.1) is 0 Å². The molecule has 1 heterocycles. The van der Waals surface area contributed by atoms with E-state index in [2.05, 4.69) is 9.97 Å². The van der Waals surface area contributed by atoms with E-state index in [1.54, 1.807) is 0 Å². The van der Waals surface area contributed by atoms with Gasteiger partial charge in [0.2, 0.25) is 0 Å². The molecule has 18 heavy (non-hydrogen) atoms. The Morgan fingerprint density at radius 2 is 1.72 bits per heavy atom. The average Bonchev–Trinajstić information content (AvgIpc) is 2.28. The molecular weight excluding hydrogens is 291 g/mol. The van der Waals surface area contributed by atoms with Crippen LogP contribution in [0.4, 0.5) is 0 Å². The summed E-state index contributed by atoms with van der Waals surface area (Å²) in [5.74, 6) is 0.601. The molecule has 0 spiro atoms. The maximum Gasteiger partial charge on any atom is 0.137 e. The standard InChI is InChI=1S/C13H11Cl3N2/c1-2-10-12(15)17-11(18-13(10)16)7-8-4-3-5-9(14)6-8/h3-6H,2,7H2,1H3. The summed E-state index contributed by atoms with van der Waals surface area (Å²) in [5.41, 5.74) is 1.81. The Kier molecular flexibility index (Phi) is 4.44. The third-order valence-electron chi connectivity index (χ3n) is 2.56. The molecule has 0 aliphatic carbocycles. The molecule has 0 N–H and O–H groups in total. The highest BCUT2D eigenvalue weighted by Crippen LogP contribution is 2.22. The lowest BCUT2D eigenvalue weighted by molar-refractivity contribution is 0.936. The first-order chi connectivity index (χ1) is 8.60. The van der Waals surface area contributed by atoms with E-state index in [4.69, 9.17) is 34.8 Å². The molecule has 2 aromatic rings. The minimum Gasteiger partial charge on any atom is -0.220 e. The number of rotatable bonds is 3. The van der Waals surface area contributed by atoms with Gasteiger partial charge >= 0.3 is 0 Å². The van der Waals surface area contributed by atoms with Crippen LogP contribution < -0.4 is 0 Å². The molecule has 0 aliphatic heterocycles. The van der Waals surface area contributed by atoms with Crippen LogP contribution in [0.5, 0.6) is 0 Å². The molecule has 1 aromatic heterocycles. The van der Waals surface area contributed by atoms with Crippen LogP contribution in [0.1, 0.15) is 23.9 Å². The molecule has 1 aromatic carbocycles. The summed E-state index contributed by atoms with van der Waals surface area (Å²) in [6.45, 7) is 1.97. The summed E-state index contributed by atoms with van der Waals surface area (Å²) in [4.78, 5) is 8.51. The maximum atomic E-state index is 6.07. The van der Waals surface area contributed by atoms with Gasteiger partial charge in [-0.25, -0.2) is 9.97 Å².